The summed E-state index contributed by atoms with van der Waals surface area (Å²) in [5.74, 6) is 0.675. The van der Waals surface area contributed by atoms with Crippen LogP contribution in [-0.4, -0.2) is 40.9 Å². The number of ether oxygens (including phenoxy) is 1. The molecule has 162 valence electrons. The van der Waals surface area contributed by atoms with E-state index in [4.69, 9.17) is 9.73 Å². The molecule has 1 aliphatic rings. The molecule has 0 unspecified atom stereocenters. The summed E-state index contributed by atoms with van der Waals surface area (Å²) in [5.41, 5.74) is 2.38. The van der Waals surface area contributed by atoms with Crippen LogP contribution in [0.2, 0.25) is 0 Å². The van der Waals surface area contributed by atoms with Crippen LogP contribution in [-0.2, 0) is 22.6 Å². The van der Waals surface area contributed by atoms with Crippen LogP contribution in [0.4, 0.5) is 0 Å². The van der Waals surface area contributed by atoms with Gasteiger partial charge in [-0.3, -0.25) is 9.48 Å². The van der Waals surface area contributed by atoms with Crippen molar-refractivity contribution in [3.05, 3.63) is 53.9 Å². The summed E-state index contributed by atoms with van der Waals surface area (Å²) in [6, 6.07) is 10.2. The van der Waals surface area contributed by atoms with Gasteiger partial charge in [-0.1, -0.05) is 24.3 Å². The van der Waals surface area contributed by atoms with Crippen molar-refractivity contribution in [3.8, 4) is 0 Å². The van der Waals surface area contributed by atoms with Gasteiger partial charge in [0.1, 0.15) is 6.10 Å². The quantitative estimate of drug-likeness (QED) is 0.271. The molecule has 0 spiro atoms. The minimum atomic E-state index is -0.0850. The van der Waals surface area contributed by atoms with Gasteiger partial charge in [-0.2, -0.15) is 5.10 Å². The van der Waals surface area contributed by atoms with Gasteiger partial charge in [-0.05, 0) is 56.2 Å². The standard InChI is InChI=1S/C23H33N5O2/c1-2-24-23(25-14-7-13-22(29)30-21-11-5-6-12-21)26-17-19-9-3-4-10-20(19)18-28-16-8-15-27-28/h3-4,8-10,15-16,21H,2,5-7,11-14,17-18H2,1H3,(H2,24,25,26). The molecule has 2 aromatic rings. The molecule has 0 radical (unpaired) electrons. The Labute approximate surface area is 178 Å². The Morgan fingerprint density at radius 1 is 1.20 bits per heavy atom. The van der Waals surface area contributed by atoms with E-state index in [0.717, 1.165) is 38.3 Å². The van der Waals surface area contributed by atoms with Crippen LogP contribution in [0, 0.1) is 0 Å². The molecular weight excluding hydrogens is 378 g/mol. The van der Waals surface area contributed by atoms with E-state index in [1.165, 1.54) is 24.0 Å². The predicted octanol–water partition coefficient (Wildman–Crippen LogP) is 3.25. The van der Waals surface area contributed by atoms with Crippen LogP contribution in [0.25, 0.3) is 0 Å². The van der Waals surface area contributed by atoms with Gasteiger partial charge >= 0.3 is 5.97 Å². The Kier molecular flexibility index (Phi) is 8.75. The van der Waals surface area contributed by atoms with Crippen LogP contribution in [0.5, 0.6) is 0 Å². The number of aliphatic imine (C=N–C) groups is 1. The van der Waals surface area contributed by atoms with Crippen LogP contribution in [0.1, 0.15) is 56.6 Å². The minimum absolute atomic E-state index is 0.0850. The van der Waals surface area contributed by atoms with Crippen LogP contribution < -0.4 is 10.6 Å². The molecule has 2 N–H and O–H groups in total. The van der Waals surface area contributed by atoms with E-state index in [1.54, 1.807) is 6.20 Å². The van der Waals surface area contributed by atoms with Gasteiger partial charge in [0.05, 0.1) is 13.1 Å². The number of hydrogen-bond acceptors (Lipinski definition) is 4. The number of esters is 1. The molecule has 3 rings (SSSR count). The lowest BCUT2D eigenvalue weighted by Gasteiger charge is -2.13. The average molecular weight is 412 g/mol. The smallest absolute Gasteiger partial charge is 0.306 e. The molecule has 0 aliphatic heterocycles. The molecule has 0 amide bonds. The number of aromatic nitrogens is 2. The molecule has 0 bridgehead atoms. The van der Waals surface area contributed by atoms with E-state index in [0.29, 0.717) is 19.5 Å². The number of guanidine groups is 1. The van der Waals surface area contributed by atoms with Gasteiger partial charge in [-0.25, -0.2) is 4.99 Å². The molecule has 1 saturated carbocycles. The van der Waals surface area contributed by atoms with Crippen molar-refractivity contribution >= 4 is 11.9 Å². The molecule has 1 aromatic heterocycles. The van der Waals surface area contributed by atoms with Crippen molar-refractivity contribution in [2.45, 2.75) is 64.6 Å². The Morgan fingerprint density at radius 2 is 2.00 bits per heavy atom. The maximum absolute atomic E-state index is 11.9. The summed E-state index contributed by atoms with van der Waals surface area (Å²) in [5, 5.41) is 10.9. The van der Waals surface area contributed by atoms with Crippen molar-refractivity contribution in [3.63, 3.8) is 0 Å². The summed E-state index contributed by atoms with van der Waals surface area (Å²) in [6.07, 6.45) is 9.44. The van der Waals surface area contributed by atoms with Crippen LogP contribution in [0.15, 0.2) is 47.7 Å². The second-order valence-electron chi connectivity index (χ2n) is 7.59. The Balaban J connectivity index is 1.46. The van der Waals surface area contributed by atoms with E-state index in [-0.39, 0.29) is 12.1 Å². The van der Waals surface area contributed by atoms with Gasteiger partial charge in [-0.15, -0.1) is 0 Å². The zero-order valence-corrected chi connectivity index (χ0v) is 17.8. The lowest BCUT2D eigenvalue weighted by Crippen LogP contribution is -2.38. The largest absolute Gasteiger partial charge is 0.462 e. The number of rotatable bonds is 10. The topological polar surface area (TPSA) is 80.5 Å². The highest BCUT2D eigenvalue weighted by molar-refractivity contribution is 5.79. The Morgan fingerprint density at radius 3 is 2.73 bits per heavy atom. The van der Waals surface area contributed by atoms with E-state index in [9.17, 15) is 4.79 Å². The third-order valence-electron chi connectivity index (χ3n) is 5.21. The Bertz CT molecular complexity index is 798. The van der Waals surface area contributed by atoms with Crippen molar-refractivity contribution in [2.75, 3.05) is 13.1 Å². The number of nitrogens with one attached hydrogen (secondary N) is 2. The molecule has 1 aliphatic carbocycles. The normalized spacial score (nSPS) is 14.6. The molecule has 1 fully saturated rings. The first-order chi connectivity index (χ1) is 14.7. The van der Waals surface area contributed by atoms with Gasteiger partial charge in [0, 0.05) is 31.9 Å². The lowest BCUT2D eigenvalue weighted by atomic mass is 10.1. The number of carbonyl (C=O) groups is 1. The zero-order chi connectivity index (χ0) is 21.0. The molecule has 1 aromatic carbocycles. The highest BCUT2D eigenvalue weighted by Gasteiger charge is 2.18. The summed E-state index contributed by atoms with van der Waals surface area (Å²) >= 11 is 0. The second-order valence-corrected chi connectivity index (χ2v) is 7.59. The first-order valence-corrected chi connectivity index (χ1v) is 11.0. The lowest BCUT2D eigenvalue weighted by molar-refractivity contribution is -0.148. The molecule has 30 heavy (non-hydrogen) atoms. The van der Waals surface area contributed by atoms with E-state index in [2.05, 4.69) is 27.9 Å². The van der Waals surface area contributed by atoms with E-state index in [1.807, 2.05) is 36.0 Å². The SMILES string of the molecule is CCNC(=NCc1ccccc1Cn1cccn1)NCCCC(=O)OC1CCCC1. The van der Waals surface area contributed by atoms with Gasteiger partial charge in [0.15, 0.2) is 5.96 Å². The molecule has 0 atom stereocenters. The second kappa shape index (κ2) is 12.0. The summed E-state index contributed by atoms with van der Waals surface area (Å²) in [6.45, 7) is 4.81. The molecule has 1 heterocycles. The van der Waals surface area contributed by atoms with Gasteiger partial charge in [0.2, 0.25) is 0 Å². The minimum Gasteiger partial charge on any atom is -0.462 e. The summed E-state index contributed by atoms with van der Waals surface area (Å²) in [4.78, 5) is 16.7. The van der Waals surface area contributed by atoms with E-state index >= 15 is 0 Å². The fraction of sp³-hybridized carbons (Fsp3) is 0.522. The number of benzene rings is 1. The van der Waals surface area contributed by atoms with E-state index < -0.39 is 0 Å². The molecular formula is C23H33N5O2. The predicted molar refractivity (Wildman–Crippen MR) is 118 cm³/mol. The van der Waals surface area contributed by atoms with Gasteiger partial charge in [0.25, 0.3) is 0 Å². The fourth-order valence-electron chi connectivity index (χ4n) is 3.63. The number of hydrogen-bond donors (Lipinski definition) is 2. The average Bonchev–Trinajstić information content (AvgIpc) is 3.44. The summed E-state index contributed by atoms with van der Waals surface area (Å²) in [7, 11) is 0. The third kappa shape index (κ3) is 7.21. The van der Waals surface area contributed by atoms with Crippen molar-refractivity contribution < 1.29 is 9.53 Å². The first-order valence-electron chi connectivity index (χ1n) is 11.0. The summed E-state index contributed by atoms with van der Waals surface area (Å²) < 4.78 is 7.42. The van der Waals surface area contributed by atoms with Crippen molar-refractivity contribution in [1.82, 2.24) is 20.4 Å². The zero-order valence-electron chi connectivity index (χ0n) is 17.8. The maximum Gasteiger partial charge on any atom is 0.306 e. The third-order valence-corrected chi connectivity index (χ3v) is 5.21. The highest BCUT2D eigenvalue weighted by Crippen LogP contribution is 2.21. The van der Waals surface area contributed by atoms with Crippen molar-refractivity contribution in [1.29, 1.82) is 0 Å². The van der Waals surface area contributed by atoms with Crippen LogP contribution >= 0.6 is 0 Å². The highest BCUT2D eigenvalue weighted by atomic mass is 16.5. The van der Waals surface area contributed by atoms with Gasteiger partial charge < -0.3 is 15.4 Å². The Hall–Kier alpha value is -2.83. The molecule has 0 saturated heterocycles. The maximum atomic E-state index is 11.9. The molecule has 7 heteroatoms. The number of carbonyl (C=O) groups excluding carboxylic acids is 1. The fourth-order valence-corrected chi connectivity index (χ4v) is 3.63. The van der Waals surface area contributed by atoms with Crippen LogP contribution in [0.3, 0.4) is 0 Å². The number of nitrogens with zero attached hydrogens (tertiary/aromatic N) is 3. The first kappa shape index (κ1) is 21.9. The molecule has 7 nitrogen and oxygen atoms in total. The monoisotopic (exact) mass is 411 g/mol. The van der Waals surface area contributed by atoms with Crippen molar-refractivity contribution in [2.24, 2.45) is 4.99 Å².